The molecule has 2 fully saturated rings. The summed E-state index contributed by atoms with van der Waals surface area (Å²) in [5.74, 6) is 0.832. The lowest BCUT2D eigenvalue weighted by atomic mass is 9.97. The van der Waals surface area contributed by atoms with E-state index in [1.54, 1.807) is 6.20 Å². The minimum absolute atomic E-state index is 0.0560. The molecule has 2 aromatic heterocycles. The van der Waals surface area contributed by atoms with Crippen LogP contribution < -0.4 is 5.32 Å². The van der Waals surface area contributed by atoms with Gasteiger partial charge in [-0.3, -0.25) is 9.78 Å². The van der Waals surface area contributed by atoms with Gasteiger partial charge in [-0.05, 0) is 43.5 Å². The summed E-state index contributed by atoms with van der Waals surface area (Å²) in [7, 11) is 0. The molecule has 4 heterocycles. The third-order valence-corrected chi connectivity index (χ3v) is 5.40. The third-order valence-electron chi connectivity index (χ3n) is 4.31. The number of carbonyl (C=O) groups is 1. The molecule has 20 heavy (non-hydrogen) atoms. The van der Waals surface area contributed by atoms with Crippen molar-refractivity contribution >= 4 is 27.5 Å². The van der Waals surface area contributed by atoms with Crippen molar-refractivity contribution in [2.45, 2.75) is 18.9 Å². The zero-order valence-electron chi connectivity index (χ0n) is 11.2. The smallest absolute Gasteiger partial charge is 0.261 e. The summed E-state index contributed by atoms with van der Waals surface area (Å²) in [6.45, 7) is 3.43. The van der Waals surface area contributed by atoms with Gasteiger partial charge in [0.05, 0.1) is 15.1 Å². The topological polar surface area (TPSA) is 45.2 Å². The maximum atomic E-state index is 12.4. The molecule has 3 atom stereocenters. The monoisotopic (exact) mass is 287 g/mol. The van der Waals surface area contributed by atoms with Gasteiger partial charge in [-0.15, -0.1) is 11.3 Å². The number of hydrogen-bond donors (Lipinski definition) is 1. The molecule has 2 aromatic rings. The minimum Gasteiger partial charge on any atom is -0.347 e. The first-order valence-corrected chi connectivity index (χ1v) is 7.97. The molecule has 0 saturated carbocycles. The normalized spacial score (nSPS) is 28.7. The number of nitrogens with one attached hydrogen (secondary N) is 1. The highest BCUT2D eigenvalue weighted by molar-refractivity contribution is 7.20. The summed E-state index contributed by atoms with van der Waals surface area (Å²) in [6.07, 6.45) is 4.19. The van der Waals surface area contributed by atoms with Crippen molar-refractivity contribution in [1.29, 1.82) is 0 Å². The maximum Gasteiger partial charge on any atom is 0.261 e. The van der Waals surface area contributed by atoms with Gasteiger partial charge in [0.1, 0.15) is 0 Å². The lowest BCUT2D eigenvalue weighted by Crippen LogP contribution is -2.46. The molecule has 0 radical (unpaired) electrons. The average molecular weight is 287 g/mol. The number of carbonyl (C=O) groups excluding carboxylic acids is 1. The van der Waals surface area contributed by atoms with Gasteiger partial charge in [0.2, 0.25) is 0 Å². The van der Waals surface area contributed by atoms with E-state index in [0.29, 0.717) is 6.04 Å². The Morgan fingerprint density at radius 2 is 2.40 bits per heavy atom. The van der Waals surface area contributed by atoms with Crippen LogP contribution in [0.1, 0.15) is 22.5 Å². The van der Waals surface area contributed by atoms with Gasteiger partial charge in [-0.1, -0.05) is 0 Å². The van der Waals surface area contributed by atoms with E-state index in [1.807, 2.05) is 18.2 Å². The Hall–Kier alpha value is -1.46. The molecule has 2 saturated heterocycles. The number of hydrogen-bond acceptors (Lipinski definition) is 4. The van der Waals surface area contributed by atoms with E-state index < -0.39 is 0 Å². The molecule has 5 heteroatoms. The van der Waals surface area contributed by atoms with Crippen LogP contribution in [0.15, 0.2) is 24.4 Å². The highest BCUT2D eigenvalue weighted by Gasteiger charge is 2.33. The lowest BCUT2D eigenvalue weighted by molar-refractivity contribution is 0.0913. The Morgan fingerprint density at radius 1 is 1.45 bits per heavy atom. The molecule has 2 aliphatic rings. The first-order chi connectivity index (χ1) is 9.78. The number of aromatic nitrogens is 1. The fourth-order valence-electron chi connectivity index (χ4n) is 3.40. The van der Waals surface area contributed by atoms with E-state index in [1.165, 1.54) is 30.8 Å². The Morgan fingerprint density at radius 3 is 3.25 bits per heavy atom. The number of rotatable bonds is 2. The predicted octanol–water partition coefficient (Wildman–Crippen LogP) is 2.12. The Balaban J connectivity index is 1.49. The third kappa shape index (κ3) is 2.21. The Labute approximate surface area is 121 Å². The lowest BCUT2D eigenvalue weighted by Gasteiger charge is -2.30. The first kappa shape index (κ1) is 12.3. The fourth-order valence-corrected chi connectivity index (χ4v) is 4.32. The Kier molecular flexibility index (Phi) is 2.97. The summed E-state index contributed by atoms with van der Waals surface area (Å²) >= 11 is 1.52. The number of fused-ring (bicyclic) bond motifs is 3. The number of pyridine rings is 1. The second-order valence-electron chi connectivity index (χ2n) is 5.82. The molecule has 4 rings (SSSR count). The number of piperidine rings is 1. The molecule has 0 aromatic carbocycles. The minimum atomic E-state index is 0.0560. The van der Waals surface area contributed by atoms with Crippen LogP contribution in [0.5, 0.6) is 0 Å². The quantitative estimate of drug-likeness (QED) is 0.920. The van der Waals surface area contributed by atoms with Crippen LogP contribution in [-0.2, 0) is 0 Å². The van der Waals surface area contributed by atoms with Gasteiger partial charge >= 0.3 is 0 Å². The second-order valence-corrected chi connectivity index (χ2v) is 6.90. The van der Waals surface area contributed by atoms with E-state index in [4.69, 9.17) is 0 Å². The molecule has 2 aliphatic heterocycles. The van der Waals surface area contributed by atoms with Crippen LogP contribution in [-0.4, -0.2) is 41.5 Å². The zero-order valence-corrected chi connectivity index (χ0v) is 12.0. The van der Waals surface area contributed by atoms with Gasteiger partial charge in [-0.2, -0.15) is 0 Å². The SMILES string of the molecule is O=C(N[C@@H]1CC2CCN(C2)C1)c1cc2ncccc2s1. The van der Waals surface area contributed by atoms with E-state index >= 15 is 0 Å². The zero-order chi connectivity index (χ0) is 13.5. The maximum absolute atomic E-state index is 12.4. The van der Waals surface area contributed by atoms with Crippen LogP contribution in [0.2, 0.25) is 0 Å². The molecule has 104 valence electrons. The molecule has 0 spiro atoms. The van der Waals surface area contributed by atoms with E-state index in [2.05, 4.69) is 15.2 Å². The van der Waals surface area contributed by atoms with Crippen molar-refractivity contribution in [3.63, 3.8) is 0 Å². The Bertz CT molecular complexity index is 608. The molecular weight excluding hydrogens is 270 g/mol. The van der Waals surface area contributed by atoms with Gasteiger partial charge in [0, 0.05) is 25.3 Å². The average Bonchev–Trinajstić information content (AvgIpc) is 3.02. The summed E-state index contributed by atoms with van der Waals surface area (Å²) in [5.41, 5.74) is 0.912. The van der Waals surface area contributed by atoms with Gasteiger partial charge in [0.15, 0.2) is 0 Å². The van der Waals surface area contributed by atoms with E-state index in [0.717, 1.165) is 34.0 Å². The fraction of sp³-hybridized carbons (Fsp3) is 0.467. The first-order valence-electron chi connectivity index (χ1n) is 7.16. The summed E-state index contributed by atoms with van der Waals surface area (Å²) < 4.78 is 1.07. The standard InChI is InChI=1S/C15H17N3OS/c19-15(14-7-12-13(20-14)2-1-4-16-12)17-11-6-10-3-5-18(8-10)9-11/h1-2,4,7,10-11H,3,5-6,8-9H2,(H,17,19)/t10?,11-/m1/s1. The summed E-state index contributed by atoms with van der Waals surface area (Å²) in [4.78, 5) is 19.9. The second kappa shape index (κ2) is 4.82. The van der Waals surface area contributed by atoms with Crippen LogP contribution in [0.4, 0.5) is 0 Å². The van der Waals surface area contributed by atoms with Crippen LogP contribution in [0, 0.1) is 5.92 Å². The molecule has 2 bridgehead atoms. The van der Waals surface area contributed by atoms with Crippen molar-refractivity contribution in [3.05, 3.63) is 29.3 Å². The molecule has 0 aliphatic carbocycles. The number of nitrogens with zero attached hydrogens (tertiary/aromatic N) is 2. The number of thiophene rings is 1. The van der Waals surface area contributed by atoms with Crippen LogP contribution >= 0.6 is 11.3 Å². The molecular formula is C15H17N3OS. The van der Waals surface area contributed by atoms with Gasteiger partial charge < -0.3 is 10.2 Å². The van der Waals surface area contributed by atoms with Crippen LogP contribution in [0.25, 0.3) is 10.2 Å². The van der Waals surface area contributed by atoms with E-state index in [-0.39, 0.29) is 5.91 Å². The van der Waals surface area contributed by atoms with Crippen molar-refractivity contribution in [2.75, 3.05) is 19.6 Å². The predicted molar refractivity (Wildman–Crippen MR) is 80.0 cm³/mol. The van der Waals surface area contributed by atoms with Gasteiger partial charge in [-0.25, -0.2) is 0 Å². The van der Waals surface area contributed by atoms with Crippen molar-refractivity contribution in [1.82, 2.24) is 15.2 Å². The van der Waals surface area contributed by atoms with Crippen LogP contribution in [0.3, 0.4) is 0 Å². The molecule has 4 nitrogen and oxygen atoms in total. The molecule has 2 unspecified atom stereocenters. The van der Waals surface area contributed by atoms with Crippen molar-refractivity contribution in [3.8, 4) is 0 Å². The summed E-state index contributed by atoms with van der Waals surface area (Å²) in [5, 5.41) is 3.20. The molecule has 1 amide bonds. The van der Waals surface area contributed by atoms with Gasteiger partial charge in [0.25, 0.3) is 5.91 Å². The summed E-state index contributed by atoms with van der Waals surface area (Å²) in [6, 6.07) is 6.12. The largest absolute Gasteiger partial charge is 0.347 e. The van der Waals surface area contributed by atoms with Crippen molar-refractivity contribution in [2.24, 2.45) is 5.92 Å². The molecule has 1 N–H and O–H groups in total. The van der Waals surface area contributed by atoms with E-state index in [9.17, 15) is 4.79 Å². The highest BCUT2D eigenvalue weighted by atomic mass is 32.1. The number of amides is 1. The van der Waals surface area contributed by atoms with Crippen molar-refractivity contribution < 1.29 is 4.79 Å². The highest BCUT2D eigenvalue weighted by Crippen LogP contribution is 2.28.